The van der Waals surface area contributed by atoms with E-state index in [9.17, 15) is 4.79 Å². The normalized spacial score (nSPS) is 20.7. The van der Waals surface area contributed by atoms with Crippen molar-refractivity contribution in [2.75, 3.05) is 11.9 Å². The minimum absolute atomic E-state index is 0.196. The average Bonchev–Trinajstić information content (AvgIpc) is 2.61. The van der Waals surface area contributed by atoms with Crippen molar-refractivity contribution in [1.29, 1.82) is 0 Å². The van der Waals surface area contributed by atoms with Crippen LogP contribution >= 0.6 is 0 Å². The number of likely N-dealkylation sites (tertiary alicyclic amines) is 1. The first-order chi connectivity index (χ1) is 11.6. The lowest BCUT2D eigenvalue weighted by Gasteiger charge is -2.39. The molecule has 1 aliphatic rings. The Bertz CT molecular complexity index is 656. The molecule has 0 aromatic heterocycles. The summed E-state index contributed by atoms with van der Waals surface area (Å²) in [6.45, 7) is 4.67. The average molecular weight is 322 g/mol. The number of amides is 1. The van der Waals surface area contributed by atoms with Crippen LogP contribution in [-0.4, -0.2) is 29.4 Å². The van der Waals surface area contributed by atoms with Gasteiger partial charge in [-0.3, -0.25) is 4.79 Å². The van der Waals surface area contributed by atoms with Gasteiger partial charge in [0.2, 0.25) is 5.91 Å². The molecule has 1 amide bonds. The number of anilines is 1. The van der Waals surface area contributed by atoms with Crippen molar-refractivity contribution in [2.45, 2.75) is 45.2 Å². The number of rotatable bonds is 4. The molecule has 1 fully saturated rings. The van der Waals surface area contributed by atoms with Gasteiger partial charge in [-0.05, 0) is 56.4 Å². The molecule has 3 nitrogen and oxygen atoms in total. The molecule has 0 spiro atoms. The molecule has 1 aliphatic heterocycles. The topological polar surface area (TPSA) is 32.3 Å². The quantitative estimate of drug-likeness (QED) is 0.895. The van der Waals surface area contributed by atoms with Crippen LogP contribution in [0.3, 0.4) is 0 Å². The molecule has 2 aromatic rings. The third-order valence-electron chi connectivity index (χ3n) is 4.92. The van der Waals surface area contributed by atoms with Gasteiger partial charge >= 0.3 is 0 Å². The van der Waals surface area contributed by atoms with E-state index in [4.69, 9.17) is 0 Å². The Labute approximate surface area is 144 Å². The molecule has 126 valence electrons. The highest BCUT2D eigenvalue weighted by Gasteiger charge is 2.28. The van der Waals surface area contributed by atoms with Crippen molar-refractivity contribution in [3.63, 3.8) is 0 Å². The van der Waals surface area contributed by atoms with Crippen LogP contribution in [0.5, 0.6) is 0 Å². The molecule has 3 rings (SSSR count). The number of nitrogens with zero attached hydrogens (tertiary/aromatic N) is 1. The zero-order valence-corrected chi connectivity index (χ0v) is 14.5. The molecular formula is C21H26N2O. The summed E-state index contributed by atoms with van der Waals surface area (Å²) in [5.74, 6) is 0.196. The molecule has 1 saturated heterocycles. The summed E-state index contributed by atoms with van der Waals surface area (Å²) < 4.78 is 0. The van der Waals surface area contributed by atoms with Gasteiger partial charge in [0.15, 0.2) is 0 Å². The van der Waals surface area contributed by atoms with E-state index >= 15 is 0 Å². The van der Waals surface area contributed by atoms with Crippen molar-refractivity contribution in [3.05, 3.63) is 54.6 Å². The maximum absolute atomic E-state index is 12.5. The van der Waals surface area contributed by atoms with E-state index < -0.39 is 0 Å². The van der Waals surface area contributed by atoms with Crippen LogP contribution in [-0.2, 0) is 4.79 Å². The van der Waals surface area contributed by atoms with Gasteiger partial charge in [0.25, 0.3) is 0 Å². The Balaban J connectivity index is 1.59. The molecule has 24 heavy (non-hydrogen) atoms. The Morgan fingerprint density at radius 3 is 2.17 bits per heavy atom. The van der Waals surface area contributed by atoms with E-state index in [1.807, 2.05) is 30.3 Å². The molecule has 2 unspecified atom stereocenters. The van der Waals surface area contributed by atoms with Gasteiger partial charge in [-0.1, -0.05) is 42.5 Å². The van der Waals surface area contributed by atoms with Gasteiger partial charge in [-0.2, -0.15) is 0 Å². The van der Waals surface area contributed by atoms with Crippen LogP contribution in [0.4, 0.5) is 5.69 Å². The molecule has 1 N–H and O–H groups in total. The maximum Gasteiger partial charge on any atom is 0.242 e. The van der Waals surface area contributed by atoms with Gasteiger partial charge in [0.1, 0.15) is 0 Å². The Kier molecular flexibility index (Phi) is 5.19. The predicted molar refractivity (Wildman–Crippen MR) is 100.0 cm³/mol. The van der Waals surface area contributed by atoms with E-state index in [1.54, 1.807) is 0 Å². The van der Waals surface area contributed by atoms with E-state index in [1.165, 1.54) is 17.5 Å². The van der Waals surface area contributed by atoms with Gasteiger partial charge in [-0.15, -0.1) is 0 Å². The first-order valence-corrected chi connectivity index (χ1v) is 8.85. The molecule has 2 aromatic carbocycles. The van der Waals surface area contributed by atoms with Crippen molar-refractivity contribution in [3.8, 4) is 11.1 Å². The van der Waals surface area contributed by atoms with Gasteiger partial charge in [-0.25, -0.2) is 0 Å². The van der Waals surface area contributed by atoms with E-state index in [0.717, 1.165) is 18.5 Å². The summed E-state index contributed by atoms with van der Waals surface area (Å²) >= 11 is 0. The zero-order valence-electron chi connectivity index (χ0n) is 14.5. The largest absolute Gasteiger partial charge is 0.376 e. The Hall–Kier alpha value is -2.29. The smallest absolute Gasteiger partial charge is 0.242 e. The summed E-state index contributed by atoms with van der Waals surface area (Å²) in [4.78, 5) is 14.6. The van der Waals surface area contributed by atoms with Gasteiger partial charge in [0, 0.05) is 17.8 Å². The van der Waals surface area contributed by atoms with Gasteiger partial charge in [0.05, 0.1) is 6.54 Å². The second-order valence-electron chi connectivity index (χ2n) is 6.73. The fraction of sp³-hybridized carbons (Fsp3) is 0.381. The first kappa shape index (κ1) is 16.6. The highest BCUT2D eigenvalue weighted by Crippen LogP contribution is 2.23. The molecule has 2 atom stereocenters. The number of benzene rings is 2. The summed E-state index contributed by atoms with van der Waals surface area (Å²) in [5, 5.41) is 3.27. The van der Waals surface area contributed by atoms with Gasteiger partial charge < -0.3 is 10.2 Å². The lowest BCUT2D eigenvalue weighted by atomic mass is 9.97. The standard InChI is InChI=1S/C21H26N2O/c1-16-7-6-8-17(2)23(16)21(24)15-22-20-13-11-19(12-14-20)18-9-4-3-5-10-18/h3-5,9-14,16-17,22H,6-8,15H2,1-2H3. The molecule has 1 heterocycles. The fourth-order valence-electron chi connectivity index (χ4n) is 3.59. The minimum Gasteiger partial charge on any atom is -0.376 e. The SMILES string of the molecule is CC1CCCC(C)N1C(=O)CNc1ccc(-c2ccccc2)cc1. The lowest BCUT2D eigenvalue weighted by Crippen LogP contribution is -2.49. The fourth-order valence-corrected chi connectivity index (χ4v) is 3.59. The molecular weight excluding hydrogens is 296 g/mol. The summed E-state index contributed by atoms with van der Waals surface area (Å²) in [6.07, 6.45) is 3.45. The van der Waals surface area contributed by atoms with Crippen molar-refractivity contribution in [1.82, 2.24) is 4.90 Å². The third kappa shape index (κ3) is 3.78. The zero-order chi connectivity index (χ0) is 16.9. The molecule has 0 saturated carbocycles. The van der Waals surface area contributed by atoms with Crippen LogP contribution in [0.1, 0.15) is 33.1 Å². The van der Waals surface area contributed by atoms with E-state index in [0.29, 0.717) is 18.6 Å². The number of nitrogens with one attached hydrogen (secondary N) is 1. The second-order valence-corrected chi connectivity index (χ2v) is 6.73. The Morgan fingerprint density at radius 2 is 1.54 bits per heavy atom. The summed E-state index contributed by atoms with van der Waals surface area (Å²) in [6, 6.07) is 19.3. The van der Waals surface area contributed by atoms with Crippen molar-refractivity contribution < 1.29 is 4.79 Å². The Morgan fingerprint density at radius 1 is 0.958 bits per heavy atom. The number of carbonyl (C=O) groups excluding carboxylic acids is 1. The molecule has 0 aliphatic carbocycles. The summed E-state index contributed by atoms with van der Waals surface area (Å²) in [7, 11) is 0. The maximum atomic E-state index is 12.5. The highest BCUT2D eigenvalue weighted by atomic mass is 16.2. The monoisotopic (exact) mass is 322 g/mol. The number of carbonyl (C=O) groups is 1. The lowest BCUT2D eigenvalue weighted by molar-refractivity contribution is -0.135. The molecule has 0 bridgehead atoms. The van der Waals surface area contributed by atoms with Crippen LogP contribution in [0, 0.1) is 0 Å². The second kappa shape index (κ2) is 7.52. The van der Waals surface area contributed by atoms with Crippen LogP contribution in [0.2, 0.25) is 0 Å². The number of hydrogen-bond donors (Lipinski definition) is 1. The highest BCUT2D eigenvalue weighted by molar-refractivity contribution is 5.81. The first-order valence-electron chi connectivity index (χ1n) is 8.85. The molecule has 0 radical (unpaired) electrons. The number of hydrogen-bond acceptors (Lipinski definition) is 2. The van der Waals surface area contributed by atoms with Crippen LogP contribution in [0.15, 0.2) is 54.6 Å². The summed E-state index contributed by atoms with van der Waals surface area (Å²) in [5.41, 5.74) is 3.38. The van der Waals surface area contributed by atoms with Crippen LogP contribution in [0.25, 0.3) is 11.1 Å². The molecule has 3 heteroatoms. The van der Waals surface area contributed by atoms with E-state index in [-0.39, 0.29) is 5.91 Å². The number of piperidine rings is 1. The predicted octanol–water partition coefficient (Wildman–Crippen LogP) is 4.56. The van der Waals surface area contributed by atoms with Crippen LogP contribution < -0.4 is 5.32 Å². The minimum atomic E-state index is 0.196. The van der Waals surface area contributed by atoms with Crippen molar-refractivity contribution >= 4 is 11.6 Å². The van der Waals surface area contributed by atoms with E-state index in [2.05, 4.69) is 48.3 Å². The third-order valence-corrected chi connectivity index (χ3v) is 4.92. The van der Waals surface area contributed by atoms with Crippen molar-refractivity contribution in [2.24, 2.45) is 0 Å².